The maximum Gasteiger partial charge on any atom is 0.0313 e. The molecule has 94 valence electrons. The third kappa shape index (κ3) is 11.1. The predicted octanol–water partition coefficient (Wildman–Crippen LogP) is 3.64. The van der Waals surface area contributed by atoms with Gasteiger partial charge in [-0.05, 0) is 31.8 Å². The molecule has 2 N–H and O–H groups in total. The van der Waals surface area contributed by atoms with Crippen molar-refractivity contribution in [2.45, 2.75) is 34.6 Å². The van der Waals surface area contributed by atoms with E-state index in [2.05, 4.69) is 25.7 Å². The largest absolute Gasteiger partial charge is 0.399 e. The van der Waals surface area contributed by atoms with Crippen molar-refractivity contribution in [2.24, 2.45) is 0 Å². The first kappa shape index (κ1) is 17.4. The van der Waals surface area contributed by atoms with E-state index < -0.39 is 0 Å². The molecule has 0 aliphatic heterocycles. The zero-order chi connectivity index (χ0) is 12.8. The molecule has 0 aliphatic carbocycles. The summed E-state index contributed by atoms with van der Waals surface area (Å²) in [4.78, 5) is 2.38. The van der Waals surface area contributed by atoms with Crippen LogP contribution in [0.5, 0.6) is 0 Å². The molecule has 16 heavy (non-hydrogen) atoms. The van der Waals surface area contributed by atoms with Gasteiger partial charge in [0.05, 0.1) is 0 Å². The normalized spacial score (nSPS) is 8.62. The summed E-state index contributed by atoms with van der Waals surface area (Å²) in [6.07, 6.45) is 0. The average molecular weight is 224 g/mol. The van der Waals surface area contributed by atoms with Gasteiger partial charge in [0.25, 0.3) is 0 Å². The second-order valence-corrected chi connectivity index (χ2v) is 3.03. The van der Waals surface area contributed by atoms with Gasteiger partial charge < -0.3 is 10.6 Å². The zero-order valence-electron chi connectivity index (χ0n) is 11.5. The van der Waals surface area contributed by atoms with Gasteiger partial charge in [-0.15, -0.1) is 0 Å². The van der Waals surface area contributed by atoms with E-state index in [1.165, 1.54) is 19.6 Å². The third-order valence-corrected chi connectivity index (χ3v) is 2.14. The number of anilines is 1. The Hall–Kier alpha value is -1.02. The van der Waals surface area contributed by atoms with Crippen LogP contribution < -0.4 is 5.73 Å². The van der Waals surface area contributed by atoms with Crippen LogP contribution in [0.15, 0.2) is 30.3 Å². The smallest absolute Gasteiger partial charge is 0.0313 e. The molecule has 0 aromatic heterocycles. The molecule has 0 atom stereocenters. The van der Waals surface area contributed by atoms with Crippen LogP contribution in [0.2, 0.25) is 0 Å². The molecule has 0 saturated carbocycles. The van der Waals surface area contributed by atoms with Crippen molar-refractivity contribution in [2.75, 3.05) is 25.4 Å². The molecule has 0 heterocycles. The Kier molecular flexibility index (Phi) is 15.2. The molecule has 2 nitrogen and oxygen atoms in total. The highest BCUT2D eigenvalue weighted by atomic mass is 15.1. The van der Waals surface area contributed by atoms with Gasteiger partial charge in [0.2, 0.25) is 0 Å². The van der Waals surface area contributed by atoms with Gasteiger partial charge in [0, 0.05) is 5.69 Å². The summed E-state index contributed by atoms with van der Waals surface area (Å²) in [5, 5.41) is 0. The van der Waals surface area contributed by atoms with Gasteiger partial charge in [-0.1, -0.05) is 52.8 Å². The minimum absolute atomic E-state index is 0.822. The van der Waals surface area contributed by atoms with Crippen LogP contribution in [0.25, 0.3) is 0 Å². The second kappa shape index (κ2) is 14.0. The van der Waals surface area contributed by atoms with E-state index in [4.69, 9.17) is 5.73 Å². The fourth-order valence-corrected chi connectivity index (χ4v) is 1.12. The first-order valence-corrected chi connectivity index (χ1v) is 6.27. The molecule has 0 aliphatic rings. The van der Waals surface area contributed by atoms with Crippen LogP contribution in [-0.2, 0) is 0 Å². The molecule has 0 bridgehead atoms. The Balaban J connectivity index is 0. The Morgan fingerprint density at radius 1 is 0.875 bits per heavy atom. The zero-order valence-corrected chi connectivity index (χ0v) is 11.5. The van der Waals surface area contributed by atoms with Crippen molar-refractivity contribution in [3.8, 4) is 0 Å². The summed E-state index contributed by atoms with van der Waals surface area (Å²) >= 11 is 0. The first-order valence-electron chi connectivity index (χ1n) is 6.27. The molecule has 0 fully saturated rings. The number of benzene rings is 1. The summed E-state index contributed by atoms with van der Waals surface area (Å²) in [6.45, 7) is 14.1. The summed E-state index contributed by atoms with van der Waals surface area (Å²) in [5.41, 5.74) is 6.18. The van der Waals surface area contributed by atoms with E-state index in [0.717, 1.165) is 5.69 Å². The quantitative estimate of drug-likeness (QED) is 0.794. The van der Waals surface area contributed by atoms with Crippen molar-refractivity contribution < 1.29 is 0 Å². The highest BCUT2D eigenvalue weighted by molar-refractivity contribution is 5.35. The fourth-order valence-electron chi connectivity index (χ4n) is 1.12. The highest BCUT2D eigenvalue weighted by Crippen LogP contribution is 1.95. The lowest BCUT2D eigenvalue weighted by Gasteiger charge is -2.13. The number of para-hydroxylation sites is 1. The standard InChI is InChI=1S/C6H7N.C6H15N.C2H6/c7-6-4-2-1-3-5-6;1-4-7(5-2)6-3;1-2/h1-5H,7H2;4-6H2,1-3H3;1-2H3. The van der Waals surface area contributed by atoms with Gasteiger partial charge in [0.1, 0.15) is 0 Å². The van der Waals surface area contributed by atoms with Crippen molar-refractivity contribution >= 4 is 5.69 Å². The minimum Gasteiger partial charge on any atom is -0.399 e. The van der Waals surface area contributed by atoms with E-state index in [-0.39, 0.29) is 0 Å². The summed E-state index contributed by atoms with van der Waals surface area (Å²) < 4.78 is 0. The lowest BCUT2D eigenvalue weighted by molar-refractivity contribution is 0.321. The number of hydrogen-bond donors (Lipinski definition) is 1. The molecule has 0 saturated heterocycles. The number of nitrogens with zero attached hydrogens (tertiary/aromatic N) is 1. The van der Waals surface area contributed by atoms with E-state index in [9.17, 15) is 0 Å². The monoisotopic (exact) mass is 224 g/mol. The average Bonchev–Trinajstić information content (AvgIpc) is 2.36. The summed E-state index contributed by atoms with van der Waals surface area (Å²) in [5.74, 6) is 0. The van der Waals surface area contributed by atoms with Crippen molar-refractivity contribution in [3.63, 3.8) is 0 Å². The SMILES string of the molecule is CC.CCN(CC)CC.Nc1ccccc1. The third-order valence-electron chi connectivity index (χ3n) is 2.14. The predicted molar refractivity (Wildman–Crippen MR) is 75.7 cm³/mol. The summed E-state index contributed by atoms with van der Waals surface area (Å²) in [7, 11) is 0. The summed E-state index contributed by atoms with van der Waals surface area (Å²) in [6, 6.07) is 9.49. The molecular formula is C14H28N2. The number of hydrogen-bond acceptors (Lipinski definition) is 2. The van der Waals surface area contributed by atoms with Crippen LogP contribution >= 0.6 is 0 Å². The van der Waals surface area contributed by atoms with Crippen molar-refractivity contribution in [3.05, 3.63) is 30.3 Å². The lowest BCUT2D eigenvalue weighted by atomic mass is 10.3. The molecule has 0 unspecified atom stereocenters. The maximum absolute atomic E-state index is 5.36. The van der Waals surface area contributed by atoms with Crippen LogP contribution in [0.1, 0.15) is 34.6 Å². The van der Waals surface area contributed by atoms with E-state index >= 15 is 0 Å². The molecule has 1 aromatic carbocycles. The van der Waals surface area contributed by atoms with Crippen LogP contribution in [0.3, 0.4) is 0 Å². The molecule has 0 spiro atoms. The second-order valence-electron chi connectivity index (χ2n) is 3.03. The Morgan fingerprint density at radius 2 is 1.25 bits per heavy atom. The Morgan fingerprint density at radius 3 is 1.38 bits per heavy atom. The van der Waals surface area contributed by atoms with Gasteiger partial charge in [-0.25, -0.2) is 0 Å². The molecule has 0 amide bonds. The van der Waals surface area contributed by atoms with Crippen LogP contribution in [-0.4, -0.2) is 24.5 Å². The maximum atomic E-state index is 5.36. The fraction of sp³-hybridized carbons (Fsp3) is 0.571. The van der Waals surface area contributed by atoms with Gasteiger partial charge >= 0.3 is 0 Å². The molecule has 1 rings (SSSR count). The molecular weight excluding hydrogens is 196 g/mol. The number of nitrogens with two attached hydrogens (primary N) is 1. The van der Waals surface area contributed by atoms with Crippen LogP contribution in [0, 0.1) is 0 Å². The lowest BCUT2D eigenvalue weighted by Crippen LogP contribution is -2.21. The van der Waals surface area contributed by atoms with Crippen molar-refractivity contribution in [1.82, 2.24) is 4.90 Å². The molecule has 2 heteroatoms. The van der Waals surface area contributed by atoms with Gasteiger partial charge in [-0.2, -0.15) is 0 Å². The topological polar surface area (TPSA) is 29.3 Å². The van der Waals surface area contributed by atoms with E-state index in [1.807, 2.05) is 44.2 Å². The highest BCUT2D eigenvalue weighted by Gasteiger charge is 1.89. The van der Waals surface area contributed by atoms with E-state index in [1.54, 1.807) is 0 Å². The first-order chi connectivity index (χ1) is 7.74. The van der Waals surface area contributed by atoms with Crippen molar-refractivity contribution in [1.29, 1.82) is 0 Å². The minimum atomic E-state index is 0.822. The van der Waals surface area contributed by atoms with E-state index in [0.29, 0.717) is 0 Å². The molecule has 0 radical (unpaired) electrons. The van der Waals surface area contributed by atoms with Gasteiger partial charge in [0.15, 0.2) is 0 Å². The number of nitrogen functional groups attached to an aromatic ring is 1. The van der Waals surface area contributed by atoms with Gasteiger partial charge in [-0.3, -0.25) is 0 Å². The molecule has 1 aromatic rings. The number of rotatable bonds is 3. The Labute approximate surface area is 101 Å². The van der Waals surface area contributed by atoms with Crippen LogP contribution in [0.4, 0.5) is 5.69 Å². The Bertz CT molecular complexity index is 200.